The number of imide groups is 1. The number of hydrogen-bond donors (Lipinski definition) is 0. The Morgan fingerprint density at radius 1 is 0.960 bits per heavy atom. The molecule has 1 fully saturated rings. The van der Waals surface area contributed by atoms with Crippen molar-refractivity contribution in [3.8, 4) is 11.5 Å². The molecule has 0 aliphatic carbocycles. The Labute approximate surface area is 150 Å². The van der Waals surface area contributed by atoms with E-state index in [0.29, 0.717) is 22.2 Å². The predicted octanol–water partition coefficient (Wildman–Crippen LogP) is 3.27. The summed E-state index contributed by atoms with van der Waals surface area (Å²) in [5.41, 5.74) is 1.15. The number of aromatic nitrogens is 1. The zero-order valence-electron chi connectivity index (χ0n) is 12.9. The van der Waals surface area contributed by atoms with Gasteiger partial charge in [-0.3, -0.25) is 14.5 Å². The molecule has 0 saturated carbocycles. The van der Waals surface area contributed by atoms with Crippen molar-refractivity contribution in [1.82, 2.24) is 4.98 Å². The van der Waals surface area contributed by atoms with Crippen LogP contribution in [0.1, 0.15) is 12.8 Å². The lowest BCUT2D eigenvalue weighted by Crippen LogP contribution is -2.28. The summed E-state index contributed by atoms with van der Waals surface area (Å²) in [6.45, 7) is 0. The Hall–Kier alpha value is -2.80. The van der Waals surface area contributed by atoms with Crippen LogP contribution in [0.5, 0.6) is 0 Å². The topological polar surface area (TPSA) is 80.5 Å². The zero-order chi connectivity index (χ0) is 17.6. The summed E-state index contributed by atoms with van der Waals surface area (Å²) in [5.74, 6) is -0.233. The Bertz CT molecular complexity index is 1060. The second kappa shape index (κ2) is 5.93. The Kier molecular flexibility index (Phi) is 3.73. The third kappa shape index (κ3) is 2.76. The lowest BCUT2D eigenvalue weighted by molar-refractivity contribution is -0.121. The van der Waals surface area contributed by atoms with Crippen LogP contribution >= 0.6 is 15.9 Å². The summed E-state index contributed by atoms with van der Waals surface area (Å²) < 4.78 is 6.07. The molecule has 1 aliphatic rings. The number of fused-ring (bicyclic) bond motifs is 1. The van der Waals surface area contributed by atoms with Crippen molar-refractivity contribution in [3.05, 3.63) is 57.4 Å². The number of hydrogen-bond acceptors (Lipinski definition) is 5. The first-order valence-electron chi connectivity index (χ1n) is 7.59. The molecule has 0 radical (unpaired) electrons. The minimum atomic E-state index is -0.477. The van der Waals surface area contributed by atoms with E-state index >= 15 is 0 Å². The van der Waals surface area contributed by atoms with Gasteiger partial charge in [0.2, 0.25) is 17.7 Å². The Morgan fingerprint density at radius 2 is 1.64 bits per heavy atom. The van der Waals surface area contributed by atoms with Crippen LogP contribution in [0.2, 0.25) is 0 Å². The van der Waals surface area contributed by atoms with E-state index in [1.807, 2.05) is 0 Å². The van der Waals surface area contributed by atoms with Crippen LogP contribution < -0.4 is 10.5 Å². The van der Waals surface area contributed by atoms with Crippen molar-refractivity contribution >= 4 is 44.3 Å². The van der Waals surface area contributed by atoms with E-state index < -0.39 is 5.63 Å². The number of carbonyl (C=O) groups is 2. The summed E-state index contributed by atoms with van der Waals surface area (Å²) in [6.07, 6.45) is 0.467. The lowest BCUT2D eigenvalue weighted by Gasteiger charge is -2.13. The Morgan fingerprint density at radius 3 is 2.32 bits per heavy atom. The highest BCUT2D eigenvalue weighted by atomic mass is 79.9. The molecule has 1 aliphatic heterocycles. The first-order valence-corrected chi connectivity index (χ1v) is 8.39. The second-order valence-corrected chi connectivity index (χ2v) is 6.55. The number of carbonyl (C=O) groups excluding carboxylic acids is 2. The largest absolute Gasteiger partial charge is 0.403 e. The minimum absolute atomic E-state index is 0.186. The normalized spacial score (nSPS) is 14.5. The molecule has 3 aromatic rings. The molecule has 7 heteroatoms. The van der Waals surface area contributed by atoms with E-state index in [2.05, 4.69) is 20.9 Å². The second-order valence-electron chi connectivity index (χ2n) is 5.64. The van der Waals surface area contributed by atoms with Gasteiger partial charge in [-0.05, 0) is 42.5 Å². The van der Waals surface area contributed by atoms with Gasteiger partial charge in [0.1, 0.15) is 0 Å². The average molecular weight is 399 g/mol. The van der Waals surface area contributed by atoms with Gasteiger partial charge < -0.3 is 4.42 Å². The maximum atomic E-state index is 12.2. The predicted molar refractivity (Wildman–Crippen MR) is 95.1 cm³/mol. The van der Waals surface area contributed by atoms with Crippen LogP contribution in [0, 0.1) is 0 Å². The summed E-state index contributed by atoms with van der Waals surface area (Å²) >= 11 is 3.31. The van der Waals surface area contributed by atoms with Crippen LogP contribution in [-0.2, 0) is 9.59 Å². The molecule has 1 aromatic heterocycles. The van der Waals surface area contributed by atoms with Gasteiger partial charge in [-0.2, -0.15) is 0 Å². The summed E-state index contributed by atoms with van der Waals surface area (Å²) in [5, 5.41) is 0.392. The van der Waals surface area contributed by atoms with Crippen LogP contribution in [0.15, 0.2) is 56.1 Å². The quantitative estimate of drug-likeness (QED) is 0.618. The van der Waals surface area contributed by atoms with Crippen molar-refractivity contribution < 1.29 is 14.0 Å². The van der Waals surface area contributed by atoms with E-state index in [1.165, 1.54) is 4.90 Å². The van der Waals surface area contributed by atoms with Crippen LogP contribution in [0.3, 0.4) is 0 Å². The van der Waals surface area contributed by atoms with E-state index in [9.17, 15) is 14.4 Å². The molecule has 0 unspecified atom stereocenters. The van der Waals surface area contributed by atoms with Gasteiger partial charge in [-0.15, -0.1) is 0 Å². The maximum absolute atomic E-state index is 12.2. The van der Waals surface area contributed by atoms with Gasteiger partial charge in [-0.1, -0.05) is 15.9 Å². The molecule has 2 aromatic carbocycles. The first-order chi connectivity index (χ1) is 12.0. The van der Waals surface area contributed by atoms with Crippen LogP contribution in [0.4, 0.5) is 5.69 Å². The summed E-state index contributed by atoms with van der Waals surface area (Å²) in [7, 11) is 0. The number of nitrogens with zero attached hydrogens (tertiary/aromatic N) is 2. The number of benzene rings is 2. The van der Waals surface area contributed by atoms with E-state index in [1.54, 1.807) is 42.5 Å². The fraction of sp³-hybridized carbons (Fsp3) is 0.111. The number of halogens is 1. The first kappa shape index (κ1) is 15.7. The monoisotopic (exact) mass is 398 g/mol. The average Bonchev–Trinajstić information content (AvgIpc) is 2.94. The molecular weight excluding hydrogens is 388 g/mol. The molecular formula is C18H11BrN2O4. The molecule has 6 nitrogen and oxygen atoms in total. The highest BCUT2D eigenvalue weighted by molar-refractivity contribution is 9.10. The van der Waals surface area contributed by atoms with Gasteiger partial charge in [0.05, 0.1) is 16.6 Å². The van der Waals surface area contributed by atoms with Crippen molar-refractivity contribution in [3.63, 3.8) is 0 Å². The van der Waals surface area contributed by atoms with Crippen molar-refractivity contribution in [1.29, 1.82) is 0 Å². The SMILES string of the molecule is O=C1CCC(=O)N1c1ccc(-c2nc3ccc(Br)cc3c(=O)o2)cc1. The van der Waals surface area contributed by atoms with Crippen LogP contribution in [0.25, 0.3) is 22.4 Å². The molecule has 2 amide bonds. The fourth-order valence-corrected chi connectivity index (χ4v) is 3.15. The third-order valence-corrected chi connectivity index (χ3v) is 4.51. The van der Waals surface area contributed by atoms with Crippen molar-refractivity contribution in [2.75, 3.05) is 4.90 Å². The van der Waals surface area contributed by atoms with Gasteiger partial charge >= 0.3 is 5.63 Å². The molecule has 25 heavy (non-hydrogen) atoms. The minimum Gasteiger partial charge on any atom is -0.403 e. The standard InChI is InChI=1S/C18H11BrN2O4/c19-11-3-6-14-13(9-11)18(24)25-17(20-14)10-1-4-12(5-2-10)21-15(22)7-8-16(21)23/h1-6,9H,7-8H2. The smallest absolute Gasteiger partial charge is 0.347 e. The van der Waals surface area contributed by atoms with E-state index in [-0.39, 0.29) is 30.5 Å². The van der Waals surface area contributed by atoms with Crippen molar-refractivity contribution in [2.45, 2.75) is 12.8 Å². The van der Waals surface area contributed by atoms with Gasteiger partial charge in [0.15, 0.2) is 0 Å². The fourth-order valence-electron chi connectivity index (χ4n) is 2.79. The number of anilines is 1. The van der Waals surface area contributed by atoms with E-state index in [4.69, 9.17) is 4.42 Å². The summed E-state index contributed by atoms with van der Waals surface area (Å²) in [4.78, 5) is 41.3. The zero-order valence-corrected chi connectivity index (χ0v) is 14.4. The summed E-state index contributed by atoms with van der Waals surface area (Å²) in [6, 6.07) is 11.8. The molecule has 124 valence electrons. The third-order valence-electron chi connectivity index (χ3n) is 4.01. The molecule has 1 saturated heterocycles. The van der Waals surface area contributed by atoms with E-state index in [0.717, 1.165) is 4.47 Å². The lowest BCUT2D eigenvalue weighted by atomic mass is 10.2. The molecule has 0 atom stereocenters. The van der Waals surface area contributed by atoms with Gasteiger partial charge in [-0.25, -0.2) is 9.78 Å². The Balaban J connectivity index is 1.74. The molecule has 2 heterocycles. The molecule has 0 spiro atoms. The van der Waals surface area contributed by atoms with Crippen LogP contribution in [-0.4, -0.2) is 16.8 Å². The van der Waals surface area contributed by atoms with Gasteiger partial charge in [0.25, 0.3) is 0 Å². The molecule has 4 rings (SSSR count). The molecule has 0 bridgehead atoms. The highest BCUT2D eigenvalue weighted by Crippen LogP contribution is 2.26. The highest BCUT2D eigenvalue weighted by Gasteiger charge is 2.30. The number of amides is 2. The maximum Gasteiger partial charge on any atom is 0.347 e. The molecule has 0 N–H and O–H groups in total. The van der Waals surface area contributed by atoms with Crippen molar-refractivity contribution in [2.24, 2.45) is 0 Å². The number of rotatable bonds is 2. The van der Waals surface area contributed by atoms with Gasteiger partial charge in [0, 0.05) is 22.9 Å².